The lowest BCUT2D eigenvalue weighted by molar-refractivity contribution is -0.137. The van der Waals surface area contributed by atoms with E-state index in [1.165, 1.54) is 12.1 Å². The van der Waals surface area contributed by atoms with Crippen molar-refractivity contribution in [3.05, 3.63) is 35.4 Å². The molecule has 30 heavy (non-hydrogen) atoms. The highest BCUT2D eigenvalue weighted by Crippen LogP contribution is 2.29. The van der Waals surface area contributed by atoms with Gasteiger partial charge >= 0.3 is 6.18 Å². The van der Waals surface area contributed by atoms with Crippen molar-refractivity contribution in [2.45, 2.75) is 33.5 Å². The van der Waals surface area contributed by atoms with Crippen molar-refractivity contribution in [2.75, 3.05) is 45.8 Å². The molecule has 1 fully saturated rings. The fraction of sp³-hybridized carbons (Fsp3) is 0.619. The Morgan fingerprint density at radius 2 is 1.87 bits per heavy atom. The molecule has 0 aliphatic carbocycles. The van der Waals surface area contributed by atoms with Crippen LogP contribution in [0.2, 0.25) is 0 Å². The third kappa shape index (κ3) is 7.51. The maximum Gasteiger partial charge on any atom is 0.416 e. The number of aliphatic imine (C=N–C) groups is 1. The van der Waals surface area contributed by atoms with Crippen LogP contribution in [0.25, 0.3) is 0 Å². The molecular weight excluding hydrogens is 395 g/mol. The minimum Gasteiger partial charge on any atom is -0.357 e. The van der Waals surface area contributed by atoms with Gasteiger partial charge in [0.05, 0.1) is 12.1 Å². The maximum atomic E-state index is 12.9. The summed E-state index contributed by atoms with van der Waals surface area (Å²) in [5, 5.41) is 6.12. The number of rotatable bonds is 7. The third-order valence-electron chi connectivity index (χ3n) is 4.86. The first-order valence-corrected chi connectivity index (χ1v) is 10.4. The molecule has 1 amide bonds. The van der Waals surface area contributed by atoms with Gasteiger partial charge in [-0.3, -0.25) is 14.7 Å². The summed E-state index contributed by atoms with van der Waals surface area (Å²) in [6.45, 7) is 10.9. The standard InChI is InChI=1S/C21H32F3N5O/c1-4-25-20(27-9-8-26-19(30)16(2)3)29-12-10-28(11-13-29)15-17-6-5-7-18(14-17)21(22,23)24/h5-7,14,16H,4,8-13,15H2,1-3H3,(H,25,27)(H,26,30). The van der Waals surface area contributed by atoms with E-state index in [4.69, 9.17) is 0 Å². The highest BCUT2D eigenvalue weighted by Gasteiger charge is 2.30. The van der Waals surface area contributed by atoms with E-state index < -0.39 is 11.7 Å². The quantitative estimate of drug-likeness (QED) is 0.399. The third-order valence-corrected chi connectivity index (χ3v) is 4.86. The molecule has 1 saturated heterocycles. The molecule has 0 bridgehead atoms. The van der Waals surface area contributed by atoms with E-state index >= 15 is 0 Å². The molecule has 1 aromatic rings. The van der Waals surface area contributed by atoms with Gasteiger partial charge < -0.3 is 15.5 Å². The minimum absolute atomic E-state index is 0.0124. The Hall–Kier alpha value is -2.29. The first kappa shape index (κ1) is 24.0. The molecule has 1 heterocycles. The Kier molecular flexibility index (Phi) is 8.95. The monoisotopic (exact) mass is 427 g/mol. The second kappa shape index (κ2) is 11.2. The second-order valence-corrected chi connectivity index (χ2v) is 7.64. The summed E-state index contributed by atoms with van der Waals surface area (Å²) >= 11 is 0. The van der Waals surface area contributed by atoms with Crippen molar-refractivity contribution in [1.82, 2.24) is 20.4 Å². The Balaban J connectivity index is 1.86. The SMILES string of the molecule is CCNC(=NCCNC(=O)C(C)C)N1CCN(Cc2cccc(C(F)(F)F)c2)CC1. The zero-order chi connectivity index (χ0) is 22.1. The second-order valence-electron chi connectivity index (χ2n) is 7.64. The summed E-state index contributed by atoms with van der Waals surface area (Å²) < 4.78 is 38.7. The van der Waals surface area contributed by atoms with Crippen molar-refractivity contribution in [3.63, 3.8) is 0 Å². The molecule has 168 valence electrons. The normalized spacial score (nSPS) is 16.1. The van der Waals surface area contributed by atoms with Crippen LogP contribution in [0.15, 0.2) is 29.3 Å². The number of hydrogen-bond acceptors (Lipinski definition) is 3. The number of carbonyl (C=O) groups excluding carboxylic acids is 1. The summed E-state index contributed by atoms with van der Waals surface area (Å²) in [7, 11) is 0. The first-order chi connectivity index (χ1) is 14.2. The average molecular weight is 428 g/mol. The number of benzene rings is 1. The number of nitrogens with one attached hydrogen (secondary N) is 2. The van der Waals surface area contributed by atoms with Crippen molar-refractivity contribution >= 4 is 11.9 Å². The van der Waals surface area contributed by atoms with Crippen LogP contribution < -0.4 is 10.6 Å². The van der Waals surface area contributed by atoms with Crippen LogP contribution >= 0.6 is 0 Å². The molecule has 9 heteroatoms. The fourth-order valence-electron chi connectivity index (χ4n) is 3.19. The molecule has 0 radical (unpaired) electrons. The summed E-state index contributed by atoms with van der Waals surface area (Å²) in [6, 6.07) is 5.52. The molecule has 0 spiro atoms. The van der Waals surface area contributed by atoms with E-state index in [-0.39, 0.29) is 11.8 Å². The zero-order valence-electron chi connectivity index (χ0n) is 17.9. The van der Waals surface area contributed by atoms with Crippen LogP contribution in [0, 0.1) is 5.92 Å². The van der Waals surface area contributed by atoms with E-state index in [1.807, 2.05) is 20.8 Å². The smallest absolute Gasteiger partial charge is 0.357 e. The molecule has 2 rings (SSSR count). The van der Waals surface area contributed by atoms with Crippen molar-refractivity contribution in [1.29, 1.82) is 0 Å². The van der Waals surface area contributed by atoms with Crippen molar-refractivity contribution in [2.24, 2.45) is 10.9 Å². The molecule has 1 aliphatic rings. The van der Waals surface area contributed by atoms with Gasteiger partial charge in [0.25, 0.3) is 0 Å². The summed E-state index contributed by atoms with van der Waals surface area (Å²) in [5.74, 6) is 0.764. The molecule has 0 unspecified atom stereocenters. The molecule has 1 aliphatic heterocycles. The molecule has 0 aromatic heterocycles. The van der Waals surface area contributed by atoms with E-state index in [1.54, 1.807) is 6.07 Å². The number of halogens is 3. The van der Waals surface area contributed by atoms with Crippen LogP contribution in [0.4, 0.5) is 13.2 Å². The molecule has 1 aromatic carbocycles. The van der Waals surface area contributed by atoms with Crippen molar-refractivity contribution in [3.8, 4) is 0 Å². The summed E-state index contributed by atoms with van der Waals surface area (Å²) in [6.07, 6.45) is -4.32. The van der Waals surface area contributed by atoms with Gasteiger partial charge in [-0.2, -0.15) is 13.2 Å². The van der Waals surface area contributed by atoms with Gasteiger partial charge in [-0.25, -0.2) is 0 Å². The lowest BCUT2D eigenvalue weighted by atomic mass is 10.1. The van der Waals surface area contributed by atoms with Gasteiger partial charge in [-0.15, -0.1) is 0 Å². The lowest BCUT2D eigenvalue weighted by Crippen LogP contribution is -2.52. The topological polar surface area (TPSA) is 60.0 Å². The zero-order valence-corrected chi connectivity index (χ0v) is 17.9. The van der Waals surface area contributed by atoms with Gasteiger partial charge in [0, 0.05) is 51.7 Å². The van der Waals surface area contributed by atoms with E-state index in [0.717, 1.165) is 44.7 Å². The van der Waals surface area contributed by atoms with Gasteiger partial charge in [0.1, 0.15) is 0 Å². The van der Waals surface area contributed by atoms with Crippen LogP contribution in [0.1, 0.15) is 31.9 Å². The van der Waals surface area contributed by atoms with E-state index in [9.17, 15) is 18.0 Å². The number of guanidine groups is 1. The number of amides is 1. The van der Waals surface area contributed by atoms with Crippen LogP contribution in [0.3, 0.4) is 0 Å². The number of nitrogens with zero attached hydrogens (tertiary/aromatic N) is 3. The number of hydrogen-bond donors (Lipinski definition) is 2. The highest BCUT2D eigenvalue weighted by molar-refractivity contribution is 5.80. The Labute approximate surface area is 176 Å². The first-order valence-electron chi connectivity index (χ1n) is 10.4. The van der Waals surface area contributed by atoms with Gasteiger partial charge in [0.15, 0.2) is 5.96 Å². The average Bonchev–Trinajstić information content (AvgIpc) is 2.70. The molecule has 0 atom stereocenters. The summed E-state index contributed by atoms with van der Waals surface area (Å²) in [4.78, 5) is 20.5. The fourth-order valence-corrected chi connectivity index (χ4v) is 3.19. The molecule has 2 N–H and O–H groups in total. The predicted octanol–water partition coefficient (Wildman–Crippen LogP) is 2.56. The van der Waals surface area contributed by atoms with Crippen LogP contribution in [-0.4, -0.2) is 67.5 Å². The van der Waals surface area contributed by atoms with Gasteiger partial charge in [-0.05, 0) is 18.6 Å². The van der Waals surface area contributed by atoms with E-state index in [0.29, 0.717) is 25.2 Å². The highest BCUT2D eigenvalue weighted by atomic mass is 19.4. The van der Waals surface area contributed by atoms with Gasteiger partial charge in [0.2, 0.25) is 5.91 Å². The van der Waals surface area contributed by atoms with Gasteiger partial charge in [-0.1, -0.05) is 32.0 Å². The van der Waals surface area contributed by atoms with Crippen LogP contribution in [0.5, 0.6) is 0 Å². The maximum absolute atomic E-state index is 12.9. The Bertz CT molecular complexity index is 713. The molecule has 6 nitrogen and oxygen atoms in total. The van der Waals surface area contributed by atoms with Crippen molar-refractivity contribution < 1.29 is 18.0 Å². The lowest BCUT2D eigenvalue weighted by Gasteiger charge is -2.36. The molecular formula is C21H32F3N5O. The summed E-state index contributed by atoms with van der Waals surface area (Å²) in [5.41, 5.74) is 0.0597. The Morgan fingerprint density at radius 3 is 2.47 bits per heavy atom. The van der Waals surface area contributed by atoms with E-state index in [2.05, 4.69) is 25.4 Å². The largest absolute Gasteiger partial charge is 0.416 e. The molecule has 0 saturated carbocycles. The van der Waals surface area contributed by atoms with Crippen LogP contribution in [-0.2, 0) is 17.5 Å². The number of alkyl halides is 3. The number of piperazine rings is 1. The predicted molar refractivity (Wildman–Crippen MR) is 112 cm³/mol. The Morgan fingerprint density at radius 1 is 1.17 bits per heavy atom. The minimum atomic E-state index is -4.32. The number of carbonyl (C=O) groups is 1.